The maximum atomic E-state index is 13.2. The first-order valence-corrected chi connectivity index (χ1v) is 17.5. The van der Waals surface area contributed by atoms with Crippen molar-refractivity contribution in [1.82, 2.24) is 0 Å². The number of carbonyl (C=O) groups excluding carboxylic acids is 3. The summed E-state index contributed by atoms with van der Waals surface area (Å²) in [6.45, 7) is 5.26. The largest absolute Gasteiger partial charge is 0.457 e. The smallest absolute Gasteiger partial charge is 0.377 e. The van der Waals surface area contributed by atoms with Gasteiger partial charge >= 0.3 is 23.8 Å². The molecule has 3 N–H and O–H groups in total. The number of fused-ring (bicyclic) bond motifs is 4. The molecular formula is C35H52F4O9. The van der Waals surface area contributed by atoms with Crippen molar-refractivity contribution in [2.45, 2.75) is 165 Å². The number of aliphatic hydroxyl groups is 3. The second-order valence-corrected chi connectivity index (χ2v) is 17.0. The Kier molecular flexibility index (Phi) is 10.1. The second kappa shape index (κ2) is 13.0. The Balaban J connectivity index is 0.000000142. The van der Waals surface area contributed by atoms with E-state index in [1.807, 2.05) is 0 Å². The Morgan fingerprint density at radius 1 is 0.625 bits per heavy atom. The first-order valence-electron chi connectivity index (χ1n) is 17.5. The predicted octanol–water partition coefficient (Wildman–Crippen LogP) is 5.14. The molecule has 9 nitrogen and oxygen atoms in total. The van der Waals surface area contributed by atoms with Gasteiger partial charge in [0.1, 0.15) is 17.8 Å². The summed E-state index contributed by atoms with van der Waals surface area (Å²) < 4.78 is 67.7. The number of aliphatic hydroxyl groups excluding tert-OH is 2. The van der Waals surface area contributed by atoms with E-state index in [-0.39, 0.29) is 23.7 Å². The molecule has 0 spiro atoms. The maximum Gasteiger partial charge on any atom is 0.377 e. The number of rotatable bonds is 6. The van der Waals surface area contributed by atoms with Crippen molar-refractivity contribution in [3.05, 3.63) is 0 Å². The Bertz CT molecular complexity index is 1150. The third-order valence-corrected chi connectivity index (χ3v) is 11.7. The van der Waals surface area contributed by atoms with Crippen molar-refractivity contribution in [2.75, 3.05) is 0 Å². The van der Waals surface area contributed by atoms with Gasteiger partial charge in [0.15, 0.2) is 0 Å². The van der Waals surface area contributed by atoms with Gasteiger partial charge in [0.05, 0.1) is 17.8 Å². The van der Waals surface area contributed by atoms with E-state index < -0.39 is 70.8 Å². The molecule has 8 aliphatic carbocycles. The van der Waals surface area contributed by atoms with Gasteiger partial charge in [-0.3, -0.25) is 0 Å². The Morgan fingerprint density at radius 2 is 1.02 bits per heavy atom. The molecule has 0 heterocycles. The molecule has 274 valence electrons. The van der Waals surface area contributed by atoms with E-state index in [4.69, 9.17) is 14.2 Å². The van der Waals surface area contributed by atoms with Crippen molar-refractivity contribution >= 4 is 17.9 Å². The molecule has 48 heavy (non-hydrogen) atoms. The van der Waals surface area contributed by atoms with Gasteiger partial charge in [-0.1, -0.05) is 0 Å². The molecule has 0 aromatic carbocycles. The van der Waals surface area contributed by atoms with E-state index >= 15 is 0 Å². The molecule has 8 aliphatic rings. The Labute approximate surface area is 279 Å². The zero-order valence-corrected chi connectivity index (χ0v) is 28.6. The minimum absolute atomic E-state index is 0.233. The first kappa shape index (κ1) is 37.3. The van der Waals surface area contributed by atoms with Gasteiger partial charge in [-0.15, -0.1) is 0 Å². The summed E-state index contributed by atoms with van der Waals surface area (Å²) >= 11 is 0. The molecule has 13 heteroatoms. The van der Waals surface area contributed by atoms with Crippen molar-refractivity contribution in [1.29, 1.82) is 0 Å². The van der Waals surface area contributed by atoms with Crippen LogP contribution in [0.25, 0.3) is 0 Å². The van der Waals surface area contributed by atoms with Crippen LogP contribution in [0.1, 0.15) is 112 Å². The fourth-order valence-electron chi connectivity index (χ4n) is 9.81. The van der Waals surface area contributed by atoms with Crippen LogP contribution in [-0.4, -0.2) is 86.1 Å². The minimum Gasteiger partial charge on any atom is -0.457 e. The Morgan fingerprint density at radius 3 is 1.33 bits per heavy atom. The second-order valence-electron chi connectivity index (χ2n) is 17.0. The zero-order chi connectivity index (χ0) is 35.6. The van der Waals surface area contributed by atoms with Crippen LogP contribution in [0.3, 0.4) is 0 Å². The van der Waals surface area contributed by atoms with Gasteiger partial charge in [0.25, 0.3) is 0 Å². The first-order chi connectivity index (χ1) is 22.0. The van der Waals surface area contributed by atoms with Crippen LogP contribution < -0.4 is 0 Å². The summed E-state index contributed by atoms with van der Waals surface area (Å²) in [5, 5.41) is 30.0. The minimum atomic E-state index is -3.45. The molecule has 10 unspecified atom stereocenters. The SMILES string of the molecule is CC(C)(F)C(=O)OC1C2CCC(C2)C1O.CC(C)(F)C(=O)OC1C2CCC(C2)C1O.CC(F)(F)C(=O)OC12CC3CC(CC(O)(C3)C1)C2. The van der Waals surface area contributed by atoms with Crippen LogP contribution in [0.2, 0.25) is 0 Å². The fraction of sp³-hybridized carbons (Fsp3) is 0.914. The molecular weight excluding hydrogens is 640 g/mol. The molecule has 0 aromatic heterocycles. The van der Waals surface area contributed by atoms with Crippen molar-refractivity contribution in [3.63, 3.8) is 0 Å². The van der Waals surface area contributed by atoms with E-state index in [0.717, 1.165) is 57.8 Å². The molecule has 8 rings (SSSR count). The number of ether oxygens (including phenoxy) is 3. The highest BCUT2D eigenvalue weighted by Gasteiger charge is 2.60. The lowest BCUT2D eigenvalue weighted by Gasteiger charge is -2.59. The van der Waals surface area contributed by atoms with E-state index in [1.54, 1.807) is 0 Å². The van der Waals surface area contributed by atoms with Gasteiger partial charge in [0, 0.05) is 13.3 Å². The number of hydrogen-bond acceptors (Lipinski definition) is 9. The fourth-order valence-corrected chi connectivity index (χ4v) is 9.81. The van der Waals surface area contributed by atoms with E-state index in [9.17, 15) is 47.3 Å². The summed E-state index contributed by atoms with van der Waals surface area (Å²) in [5.41, 5.74) is -5.58. The van der Waals surface area contributed by atoms with Crippen molar-refractivity contribution in [3.8, 4) is 0 Å². The summed E-state index contributed by atoms with van der Waals surface area (Å²) in [5.74, 6) is -5.04. The van der Waals surface area contributed by atoms with Gasteiger partial charge in [-0.05, 0) is 134 Å². The highest BCUT2D eigenvalue weighted by atomic mass is 19.3. The van der Waals surface area contributed by atoms with Gasteiger partial charge in [-0.2, -0.15) is 8.78 Å². The molecule has 0 amide bonds. The molecule has 0 aromatic rings. The molecule has 8 saturated carbocycles. The molecule has 10 atom stereocenters. The lowest BCUT2D eigenvalue weighted by atomic mass is 9.52. The number of carbonyl (C=O) groups is 3. The van der Waals surface area contributed by atoms with E-state index in [1.165, 1.54) is 27.7 Å². The summed E-state index contributed by atoms with van der Waals surface area (Å²) in [6.07, 6.45) is 7.72. The van der Waals surface area contributed by atoms with Gasteiger partial charge in [-0.25, -0.2) is 23.2 Å². The van der Waals surface area contributed by atoms with Crippen molar-refractivity contribution in [2.24, 2.45) is 35.5 Å². The molecule has 0 saturated heterocycles. The van der Waals surface area contributed by atoms with Crippen LogP contribution in [0.4, 0.5) is 17.6 Å². The monoisotopic (exact) mass is 692 g/mol. The summed E-state index contributed by atoms with van der Waals surface area (Å²) in [4.78, 5) is 34.1. The maximum absolute atomic E-state index is 13.2. The summed E-state index contributed by atoms with van der Waals surface area (Å²) in [6, 6.07) is 0. The topological polar surface area (TPSA) is 140 Å². The Hall–Kier alpha value is -1.99. The molecule has 8 fully saturated rings. The lowest BCUT2D eigenvalue weighted by molar-refractivity contribution is -0.232. The molecule has 0 radical (unpaired) electrons. The number of esters is 3. The molecule has 0 aliphatic heterocycles. The average Bonchev–Trinajstić information content (AvgIpc) is 3.71. The average molecular weight is 693 g/mol. The van der Waals surface area contributed by atoms with Crippen LogP contribution in [0.5, 0.6) is 0 Å². The van der Waals surface area contributed by atoms with Gasteiger partial charge in [0.2, 0.25) is 11.3 Å². The highest BCUT2D eigenvalue weighted by molar-refractivity contribution is 5.79. The number of alkyl halides is 4. The predicted molar refractivity (Wildman–Crippen MR) is 163 cm³/mol. The quantitative estimate of drug-likeness (QED) is 0.196. The van der Waals surface area contributed by atoms with Crippen LogP contribution in [0, 0.1) is 35.5 Å². The molecule has 8 bridgehead atoms. The van der Waals surface area contributed by atoms with Crippen LogP contribution in [-0.2, 0) is 28.6 Å². The standard InChI is InChI=1S/C13H18F2O3.2C11H17FO3/c1-11(14,15)10(16)18-13-5-8-2-9(6-13)4-12(17,3-8)7-13;2*1-11(2,12)10(14)15-9-7-4-3-6(5-7)8(9)13/h8-9,17H,2-7H2,1H3;2*6-9,13H,3-5H2,1-2H3. The zero-order valence-electron chi connectivity index (χ0n) is 28.6. The van der Waals surface area contributed by atoms with Crippen LogP contribution >= 0.6 is 0 Å². The van der Waals surface area contributed by atoms with E-state index in [0.29, 0.717) is 38.0 Å². The number of halogens is 4. The lowest BCUT2D eigenvalue weighted by Crippen LogP contribution is -2.61. The third kappa shape index (κ3) is 7.98. The van der Waals surface area contributed by atoms with Crippen LogP contribution in [0.15, 0.2) is 0 Å². The van der Waals surface area contributed by atoms with E-state index in [2.05, 4.69) is 0 Å². The highest BCUT2D eigenvalue weighted by Crippen LogP contribution is 2.59. The number of hydrogen-bond donors (Lipinski definition) is 3. The third-order valence-electron chi connectivity index (χ3n) is 11.7. The van der Waals surface area contributed by atoms with Gasteiger partial charge < -0.3 is 29.5 Å². The normalized spacial score (nSPS) is 42.0. The summed E-state index contributed by atoms with van der Waals surface area (Å²) in [7, 11) is 0. The van der Waals surface area contributed by atoms with Crippen molar-refractivity contribution < 1.29 is 61.5 Å².